The molecule has 1 saturated carbocycles. The number of halogens is 1. The monoisotopic (exact) mass is 330 g/mol. The van der Waals surface area contributed by atoms with Gasteiger partial charge in [-0.1, -0.05) is 13.3 Å². The standard InChI is InChI=1S/C13H19IN2/c1-2-13(6-3-7-13)9-16-12-5-4-10(15)8-11(12)14/h4-5,8,16H,2-3,6-7,9,15H2,1H3. The fraction of sp³-hybridized carbons (Fsp3) is 0.538. The van der Waals surface area contributed by atoms with Gasteiger partial charge < -0.3 is 11.1 Å². The van der Waals surface area contributed by atoms with Gasteiger partial charge in [-0.15, -0.1) is 0 Å². The Kier molecular flexibility index (Phi) is 3.62. The molecule has 1 aliphatic rings. The van der Waals surface area contributed by atoms with E-state index in [4.69, 9.17) is 5.73 Å². The Morgan fingerprint density at radius 1 is 1.44 bits per heavy atom. The summed E-state index contributed by atoms with van der Waals surface area (Å²) in [5.41, 5.74) is 8.35. The molecule has 88 valence electrons. The number of nitrogens with one attached hydrogen (secondary N) is 1. The van der Waals surface area contributed by atoms with E-state index >= 15 is 0 Å². The molecule has 1 aromatic carbocycles. The van der Waals surface area contributed by atoms with Crippen molar-refractivity contribution < 1.29 is 0 Å². The summed E-state index contributed by atoms with van der Waals surface area (Å²) in [6, 6.07) is 6.06. The van der Waals surface area contributed by atoms with Gasteiger partial charge in [0.05, 0.1) is 0 Å². The molecule has 1 fully saturated rings. The van der Waals surface area contributed by atoms with E-state index in [9.17, 15) is 0 Å². The number of nitrogen functional groups attached to an aromatic ring is 1. The van der Waals surface area contributed by atoms with Crippen molar-refractivity contribution >= 4 is 34.0 Å². The quantitative estimate of drug-likeness (QED) is 0.650. The first-order chi connectivity index (χ1) is 7.65. The second kappa shape index (κ2) is 4.82. The van der Waals surface area contributed by atoms with Crippen LogP contribution in [0.2, 0.25) is 0 Å². The SMILES string of the molecule is CCC1(CNc2ccc(N)cc2I)CCC1. The second-order valence-electron chi connectivity index (χ2n) is 4.80. The van der Waals surface area contributed by atoms with Crippen LogP contribution < -0.4 is 11.1 Å². The number of hydrogen-bond donors (Lipinski definition) is 2. The van der Waals surface area contributed by atoms with Gasteiger partial charge in [-0.25, -0.2) is 0 Å². The summed E-state index contributed by atoms with van der Waals surface area (Å²) >= 11 is 2.34. The maximum atomic E-state index is 5.74. The van der Waals surface area contributed by atoms with E-state index in [2.05, 4.69) is 40.9 Å². The van der Waals surface area contributed by atoms with Crippen molar-refractivity contribution in [2.45, 2.75) is 32.6 Å². The minimum atomic E-state index is 0.560. The van der Waals surface area contributed by atoms with Crippen LogP contribution in [0, 0.1) is 8.99 Å². The van der Waals surface area contributed by atoms with Crippen LogP contribution in [0.4, 0.5) is 11.4 Å². The third-order valence-electron chi connectivity index (χ3n) is 3.81. The highest BCUT2D eigenvalue weighted by atomic mass is 127. The summed E-state index contributed by atoms with van der Waals surface area (Å²) in [6.07, 6.45) is 5.43. The van der Waals surface area contributed by atoms with Gasteiger partial charge in [-0.2, -0.15) is 0 Å². The smallest absolute Gasteiger partial charge is 0.0477 e. The fourth-order valence-electron chi connectivity index (χ4n) is 2.29. The summed E-state index contributed by atoms with van der Waals surface area (Å²) in [4.78, 5) is 0. The highest BCUT2D eigenvalue weighted by Gasteiger charge is 2.34. The largest absolute Gasteiger partial charge is 0.399 e. The van der Waals surface area contributed by atoms with E-state index in [0.717, 1.165) is 12.2 Å². The van der Waals surface area contributed by atoms with Crippen molar-refractivity contribution in [2.75, 3.05) is 17.6 Å². The molecule has 1 aromatic rings. The minimum Gasteiger partial charge on any atom is -0.399 e. The van der Waals surface area contributed by atoms with E-state index in [1.165, 1.54) is 34.9 Å². The van der Waals surface area contributed by atoms with Gasteiger partial charge in [0, 0.05) is 21.5 Å². The van der Waals surface area contributed by atoms with Crippen LogP contribution >= 0.6 is 22.6 Å². The minimum absolute atomic E-state index is 0.560. The molecule has 0 amide bonds. The zero-order valence-corrected chi connectivity index (χ0v) is 11.9. The van der Waals surface area contributed by atoms with Gasteiger partial charge in [0.25, 0.3) is 0 Å². The van der Waals surface area contributed by atoms with E-state index in [1.54, 1.807) is 0 Å². The lowest BCUT2D eigenvalue weighted by atomic mass is 9.67. The molecule has 0 saturated heterocycles. The molecule has 0 aromatic heterocycles. The predicted molar refractivity (Wildman–Crippen MR) is 78.6 cm³/mol. The van der Waals surface area contributed by atoms with E-state index in [-0.39, 0.29) is 0 Å². The average molecular weight is 330 g/mol. The maximum Gasteiger partial charge on any atom is 0.0477 e. The number of hydrogen-bond acceptors (Lipinski definition) is 2. The first-order valence-electron chi connectivity index (χ1n) is 5.94. The molecular weight excluding hydrogens is 311 g/mol. The third kappa shape index (κ3) is 2.44. The summed E-state index contributed by atoms with van der Waals surface area (Å²) in [7, 11) is 0. The first-order valence-corrected chi connectivity index (χ1v) is 7.02. The number of nitrogens with two attached hydrogens (primary N) is 1. The molecule has 3 N–H and O–H groups in total. The van der Waals surface area contributed by atoms with Gasteiger partial charge in [-0.05, 0) is 65.5 Å². The molecule has 0 radical (unpaired) electrons. The molecule has 1 aliphatic carbocycles. The molecular formula is C13H19IN2. The van der Waals surface area contributed by atoms with Gasteiger partial charge in [0.2, 0.25) is 0 Å². The molecule has 0 heterocycles. The van der Waals surface area contributed by atoms with Gasteiger partial charge in [0.15, 0.2) is 0 Å². The number of rotatable bonds is 4. The molecule has 2 nitrogen and oxygen atoms in total. The molecule has 16 heavy (non-hydrogen) atoms. The lowest BCUT2D eigenvalue weighted by Gasteiger charge is -2.41. The Hall–Kier alpha value is -0.450. The van der Waals surface area contributed by atoms with E-state index < -0.39 is 0 Å². The van der Waals surface area contributed by atoms with E-state index in [0.29, 0.717) is 5.41 Å². The number of anilines is 2. The van der Waals surface area contributed by atoms with Crippen LogP contribution in [0.1, 0.15) is 32.6 Å². The summed E-state index contributed by atoms with van der Waals surface area (Å²) in [5.74, 6) is 0. The van der Waals surface area contributed by atoms with Crippen molar-refractivity contribution in [2.24, 2.45) is 5.41 Å². The second-order valence-corrected chi connectivity index (χ2v) is 5.96. The number of benzene rings is 1. The lowest BCUT2D eigenvalue weighted by molar-refractivity contribution is 0.145. The molecule has 0 aliphatic heterocycles. The van der Waals surface area contributed by atoms with Crippen LogP contribution in [0.3, 0.4) is 0 Å². The molecule has 0 atom stereocenters. The van der Waals surface area contributed by atoms with Crippen LogP contribution in [-0.2, 0) is 0 Å². The third-order valence-corrected chi connectivity index (χ3v) is 4.70. The Labute approximate surface area is 111 Å². The zero-order valence-electron chi connectivity index (χ0n) is 9.72. The highest BCUT2D eigenvalue weighted by Crippen LogP contribution is 2.43. The summed E-state index contributed by atoms with van der Waals surface area (Å²) in [6.45, 7) is 3.40. The Morgan fingerprint density at radius 3 is 2.69 bits per heavy atom. The van der Waals surface area contributed by atoms with Crippen molar-refractivity contribution in [1.29, 1.82) is 0 Å². The fourth-order valence-corrected chi connectivity index (χ4v) is 3.02. The summed E-state index contributed by atoms with van der Waals surface area (Å²) < 4.78 is 1.21. The topological polar surface area (TPSA) is 38.0 Å². The molecule has 3 heteroatoms. The Morgan fingerprint density at radius 2 is 2.19 bits per heavy atom. The van der Waals surface area contributed by atoms with Crippen LogP contribution in [0.25, 0.3) is 0 Å². The Bertz CT molecular complexity index is 367. The van der Waals surface area contributed by atoms with Gasteiger partial charge >= 0.3 is 0 Å². The normalized spacial score (nSPS) is 17.9. The first kappa shape index (κ1) is 12.0. The average Bonchev–Trinajstić information content (AvgIpc) is 2.19. The van der Waals surface area contributed by atoms with E-state index in [1.807, 2.05) is 12.1 Å². The Balaban J connectivity index is 1.99. The van der Waals surface area contributed by atoms with Crippen molar-refractivity contribution in [3.05, 3.63) is 21.8 Å². The zero-order chi connectivity index (χ0) is 11.6. The molecule has 0 bridgehead atoms. The molecule has 2 rings (SSSR count). The highest BCUT2D eigenvalue weighted by molar-refractivity contribution is 14.1. The predicted octanol–water partition coefficient (Wildman–Crippen LogP) is 3.87. The van der Waals surface area contributed by atoms with Crippen LogP contribution in [0.5, 0.6) is 0 Å². The van der Waals surface area contributed by atoms with Crippen molar-refractivity contribution in [3.63, 3.8) is 0 Å². The molecule has 0 unspecified atom stereocenters. The van der Waals surface area contributed by atoms with Crippen LogP contribution in [0.15, 0.2) is 18.2 Å². The lowest BCUT2D eigenvalue weighted by Crippen LogP contribution is -2.35. The van der Waals surface area contributed by atoms with Crippen molar-refractivity contribution in [3.8, 4) is 0 Å². The van der Waals surface area contributed by atoms with Gasteiger partial charge in [0.1, 0.15) is 0 Å². The van der Waals surface area contributed by atoms with Gasteiger partial charge in [-0.3, -0.25) is 0 Å². The maximum absolute atomic E-state index is 5.74. The summed E-state index contributed by atoms with van der Waals surface area (Å²) in [5, 5.41) is 3.57. The van der Waals surface area contributed by atoms with Crippen molar-refractivity contribution in [1.82, 2.24) is 0 Å². The molecule has 0 spiro atoms. The van der Waals surface area contributed by atoms with Crippen LogP contribution in [-0.4, -0.2) is 6.54 Å².